The number of aryl methyl sites for hydroxylation is 1. The van der Waals surface area contributed by atoms with Crippen molar-refractivity contribution in [1.29, 1.82) is 0 Å². The van der Waals surface area contributed by atoms with Crippen molar-refractivity contribution in [2.45, 2.75) is 18.4 Å². The fourth-order valence-electron chi connectivity index (χ4n) is 4.14. The first-order valence-electron chi connectivity index (χ1n) is 11.3. The fraction of sp³-hybridized carbons (Fsp3) is 0.0690. The van der Waals surface area contributed by atoms with Crippen molar-refractivity contribution in [3.63, 3.8) is 0 Å². The van der Waals surface area contributed by atoms with E-state index in [1.165, 1.54) is 36.4 Å². The average Bonchev–Trinajstić information content (AvgIpc) is 2.87. The third-order valence-electron chi connectivity index (χ3n) is 5.88. The van der Waals surface area contributed by atoms with Gasteiger partial charge in [0.2, 0.25) is 0 Å². The van der Waals surface area contributed by atoms with Crippen molar-refractivity contribution in [1.82, 2.24) is 0 Å². The number of ether oxygens (including phenoxy) is 1. The van der Waals surface area contributed by atoms with E-state index < -0.39 is 21.4 Å². The zero-order valence-electron chi connectivity index (χ0n) is 19.6. The molecule has 0 amide bonds. The summed E-state index contributed by atoms with van der Waals surface area (Å²) in [5, 5.41) is 0.119. The van der Waals surface area contributed by atoms with Gasteiger partial charge < -0.3 is 9.15 Å². The van der Waals surface area contributed by atoms with Gasteiger partial charge in [0.1, 0.15) is 34.4 Å². The van der Waals surface area contributed by atoms with Crippen molar-refractivity contribution in [2.75, 3.05) is 0 Å². The van der Waals surface area contributed by atoms with Gasteiger partial charge in [0.25, 0.3) is 10.1 Å². The summed E-state index contributed by atoms with van der Waals surface area (Å²) in [5.41, 5.74) is 2.20. The van der Waals surface area contributed by atoms with Crippen LogP contribution in [0.15, 0.2) is 105 Å². The Morgan fingerprint density at radius 1 is 0.892 bits per heavy atom. The standard InChI is InChI=1S/C29H21FO6S/c1-18-7-12-28(37(32,33)34)23(13-18)24-14-22(35-17-19-5-3-2-4-6-19)15-27-29(24)25(31)16-26(36-27)20-8-10-21(30)11-9-20/h2-16H,17H2,1H3,(H,32,33,34). The Morgan fingerprint density at radius 2 is 1.62 bits per heavy atom. The zero-order chi connectivity index (χ0) is 26.2. The Hall–Kier alpha value is -4.27. The number of fused-ring (bicyclic) bond motifs is 1. The Kier molecular flexibility index (Phi) is 6.37. The van der Waals surface area contributed by atoms with Crippen LogP contribution < -0.4 is 10.2 Å². The van der Waals surface area contributed by atoms with E-state index >= 15 is 0 Å². The molecule has 5 rings (SSSR count). The van der Waals surface area contributed by atoms with Crippen LogP contribution >= 0.6 is 0 Å². The highest BCUT2D eigenvalue weighted by Gasteiger charge is 2.22. The van der Waals surface area contributed by atoms with Gasteiger partial charge in [0.15, 0.2) is 5.43 Å². The van der Waals surface area contributed by atoms with Crippen LogP contribution in [-0.2, 0) is 16.7 Å². The Balaban J connectivity index is 1.75. The Labute approximate surface area is 212 Å². The van der Waals surface area contributed by atoms with Gasteiger partial charge in [-0.1, -0.05) is 48.0 Å². The summed E-state index contributed by atoms with van der Waals surface area (Å²) < 4.78 is 59.8. The molecule has 0 saturated carbocycles. The lowest BCUT2D eigenvalue weighted by molar-refractivity contribution is 0.306. The fourth-order valence-corrected chi connectivity index (χ4v) is 4.82. The highest BCUT2D eigenvalue weighted by molar-refractivity contribution is 7.86. The number of benzene rings is 4. The minimum Gasteiger partial charge on any atom is -0.489 e. The highest BCUT2D eigenvalue weighted by Crippen LogP contribution is 2.37. The molecule has 0 bridgehead atoms. The molecule has 6 nitrogen and oxygen atoms in total. The van der Waals surface area contributed by atoms with Crippen LogP contribution in [0.25, 0.3) is 33.4 Å². The van der Waals surface area contributed by atoms with Gasteiger partial charge in [-0.15, -0.1) is 0 Å². The van der Waals surface area contributed by atoms with Crippen LogP contribution in [0.3, 0.4) is 0 Å². The van der Waals surface area contributed by atoms with E-state index in [9.17, 15) is 22.2 Å². The van der Waals surface area contributed by atoms with E-state index in [1.54, 1.807) is 31.2 Å². The van der Waals surface area contributed by atoms with Gasteiger partial charge in [-0.05, 0) is 48.9 Å². The number of halogens is 1. The molecule has 0 saturated heterocycles. The summed E-state index contributed by atoms with van der Waals surface area (Å²) >= 11 is 0. The number of hydrogen-bond acceptors (Lipinski definition) is 5. The molecule has 0 aliphatic heterocycles. The Morgan fingerprint density at radius 3 is 2.32 bits per heavy atom. The van der Waals surface area contributed by atoms with Crippen LogP contribution in [0.5, 0.6) is 5.75 Å². The Bertz CT molecular complexity index is 1780. The molecule has 0 spiro atoms. The molecule has 0 aliphatic carbocycles. The SMILES string of the molecule is Cc1ccc(S(=O)(=O)O)c(-c2cc(OCc3ccccc3)cc3oc(-c4ccc(F)cc4)cc(=O)c23)c1. The maximum Gasteiger partial charge on any atom is 0.295 e. The molecule has 186 valence electrons. The second kappa shape index (κ2) is 9.65. The van der Waals surface area contributed by atoms with Gasteiger partial charge >= 0.3 is 0 Å². The van der Waals surface area contributed by atoms with Gasteiger partial charge in [-0.25, -0.2) is 4.39 Å². The van der Waals surface area contributed by atoms with Crippen molar-refractivity contribution >= 4 is 21.1 Å². The second-order valence-corrected chi connectivity index (χ2v) is 9.96. The summed E-state index contributed by atoms with van der Waals surface area (Å²) in [7, 11) is -4.61. The lowest BCUT2D eigenvalue weighted by atomic mass is 9.98. The summed E-state index contributed by atoms with van der Waals surface area (Å²) in [4.78, 5) is 13.0. The average molecular weight is 517 g/mol. The summed E-state index contributed by atoms with van der Waals surface area (Å²) in [6.07, 6.45) is 0. The highest BCUT2D eigenvalue weighted by atomic mass is 32.2. The monoisotopic (exact) mass is 516 g/mol. The minimum atomic E-state index is -4.61. The van der Waals surface area contributed by atoms with Crippen molar-refractivity contribution in [2.24, 2.45) is 0 Å². The van der Waals surface area contributed by atoms with Crippen LogP contribution in [0.4, 0.5) is 4.39 Å². The maximum absolute atomic E-state index is 13.4. The molecule has 0 atom stereocenters. The van der Waals surface area contributed by atoms with E-state index in [2.05, 4.69) is 0 Å². The van der Waals surface area contributed by atoms with Gasteiger partial charge in [0, 0.05) is 28.8 Å². The number of rotatable bonds is 6. The van der Waals surface area contributed by atoms with Gasteiger partial charge in [0.05, 0.1) is 5.39 Å². The first-order valence-corrected chi connectivity index (χ1v) is 12.8. The van der Waals surface area contributed by atoms with Gasteiger partial charge in [-0.2, -0.15) is 8.42 Å². The topological polar surface area (TPSA) is 93.8 Å². The smallest absolute Gasteiger partial charge is 0.295 e. The van der Waals surface area contributed by atoms with Crippen LogP contribution in [0.1, 0.15) is 11.1 Å². The molecule has 0 aliphatic rings. The molecule has 8 heteroatoms. The van der Waals surface area contributed by atoms with Crippen molar-refractivity contribution in [3.05, 3.63) is 118 Å². The van der Waals surface area contributed by atoms with Gasteiger partial charge in [-0.3, -0.25) is 9.35 Å². The van der Waals surface area contributed by atoms with Crippen LogP contribution in [-0.4, -0.2) is 13.0 Å². The quantitative estimate of drug-likeness (QED) is 0.263. The lowest BCUT2D eigenvalue weighted by Crippen LogP contribution is -2.06. The molecule has 37 heavy (non-hydrogen) atoms. The van der Waals surface area contributed by atoms with Crippen molar-refractivity contribution < 1.29 is 26.5 Å². The molecule has 1 aromatic heterocycles. The minimum absolute atomic E-state index is 0.119. The first-order chi connectivity index (χ1) is 17.7. The molecule has 4 aromatic carbocycles. The lowest BCUT2D eigenvalue weighted by Gasteiger charge is -2.14. The van der Waals surface area contributed by atoms with Crippen molar-refractivity contribution in [3.8, 4) is 28.2 Å². The van der Waals surface area contributed by atoms with Crippen LogP contribution in [0, 0.1) is 12.7 Å². The predicted molar refractivity (Wildman–Crippen MR) is 139 cm³/mol. The normalized spacial score (nSPS) is 11.5. The maximum atomic E-state index is 13.4. The van der Waals surface area contributed by atoms with E-state index in [0.717, 1.165) is 11.1 Å². The molecule has 5 aromatic rings. The molecule has 0 unspecified atom stereocenters. The van der Waals surface area contributed by atoms with Crippen LogP contribution in [0.2, 0.25) is 0 Å². The molecule has 0 fully saturated rings. The largest absolute Gasteiger partial charge is 0.489 e. The van der Waals surface area contributed by atoms with E-state index in [1.807, 2.05) is 30.3 Å². The predicted octanol–water partition coefficient (Wildman–Crippen LogP) is 6.40. The summed E-state index contributed by atoms with van der Waals surface area (Å²) in [5.74, 6) is 0.111. The van der Waals surface area contributed by atoms with E-state index in [0.29, 0.717) is 11.3 Å². The zero-order valence-corrected chi connectivity index (χ0v) is 20.5. The van der Waals surface area contributed by atoms with E-state index in [4.69, 9.17) is 9.15 Å². The summed E-state index contributed by atoms with van der Waals surface area (Å²) in [6, 6.07) is 23.7. The summed E-state index contributed by atoms with van der Waals surface area (Å²) in [6.45, 7) is 1.98. The van der Waals surface area contributed by atoms with E-state index in [-0.39, 0.29) is 39.4 Å². The number of hydrogen-bond donors (Lipinski definition) is 1. The molecule has 1 N–H and O–H groups in total. The third-order valence-corrected chi connectivity index (χ3v) is 6.80. The second-order valence-electron chi connectivity index (χ2n) is 8.57. The third kappa shape index (κ3) is 5.16. The molecular formula is C29H21FO6S. The molecular weight excluding hydrogens is 495 g/mol. The molecule has 0 radical (unpaired) electrons. The first kappa shape index (κ1) is 24.4. The molecule has 1 heterocycles.